The van der Waals surface area contributed by atoms with E-state index in [0.29, 0.717) is 6.54 Å². The lowest BCUT2D eigenvalue weighted by Crippen LogP contribution is -2.47. The molecular weight excluding hydrogens is 232 g/mol. The van der Waals surface area contributed by atoms with E-state index < -0.39 is 6.04 Å². The van der Waals surface area contributed by atoms with Crippen LogP contribution < -0.4 is 5.32 Å². The Morgan fingerprint density at radius 3 is 2.78 bits per heavy atom. The van der Waals surface area contributed by atoms with Gasteiger partial charge in [0.1, 0.15) is 6.04 Å². The summed E-state index contributed by atoms with van der Waals surface area (Å²) in [5.74, 6) is 0.157. The zero-order chi connectivity index (χ0) is 13.5. The molecule has 18 heavy (non-hydrogen) atoms. The van der Waals surface area contributed by atoms with Gasteiger partial charge in [-0.1, -0.05) is 13.3 Å². The number of hydrogen-bond acceptors (Lipinski definition) is 4. The van der Waals surface area contributed by atoms with Gasteiger partial charge in [-0.15, -0.1) is 0 Å². The fourth-order valence-electron chi connectivity index (χ4n) is 2.55. The molecule has 5 heteroatoms. The Morgan fingerprint density at radius 2 is 2.22 bits per heavy atom. The van der Waals surface area contributed by atoms with Crippen molar-refractivity contribution >= 4 is 11.9 Å². The van der Waals surface area contributed by atoms with Crippen LogP contribution in [0.1, 0.15) is 33.1 Å². The van der Waals surface area contributed by atoms with Gasteiger partial charge < -0.3 is 15.0 Å². The molecule has 1 amide bonds. The maximum Gasteiger partial charge on any atom is 0.329 e. The molecule has 0 radical (unpaired) electrons. The largest absolute Gasteiger partial charge is 0.467 e. The Morgan fingerprint density at radius 1 is 1.50 bits per heavy atom. The second kappa shape index (κ2) is 7.36. The molecule has 0 aromatic heterocycles. The number of rotatable bonds is 6. The van der Waals surface area contributed by atoms with E-state index in [2.05, 4.69) is 17.1 Å². The molecule has 1 fully saturated rings. The van der Waals surface area contributed by atoms with Crippen LogP contribution in [0.3, 0.4) is 0 Å². The fourth-order valence-corrected chi connectivity index (χ4v) is 2.55. The monoisotopic (exact) mass is 256 g/mol. The minimum Gasteiger partial charge on any atom is -0.467 e. The minimum absolute atomic E-state index is 0.199. The number of carbonyl (C=O) groups excluding carboxylic acids is 2. The molecule has 1 rings (SSSR count). The van der Waals surface area contributed by atoms with Crippen LogP contribution in [0.4, 0.5) is 0 Å². The van der Waals surface area contributed by atoms with E-state index >= 15 is 0 Å². The van der Waals surface area contributed by atoms with Gasteiger partial charge in [0.05, 0.1) is 7.11 Å². The van der Waals surface area contributed by atoms with Crippen LogP contribution in [0.2, 0.25) is 0 Å². The molecule has 1 aliphatic rings. The Labute approximate surface area is 109 Å². The van der Waals surface area contributed by atoms with Crippen LogP contribution in [-0.2, 0) is 14.3 Å². The van der Waals surface area contributed by atoms with Crippen molar-refractivity contribution < 1.29 is 14.3 Å². The zero-order valence-electron chi connectivity index (χ0n) is 11.6. The number of carbonyl (C=O) groups is 2. The third kappa shape index (κ3) is 4.64. The first-order valence-electron chi connectivity index (χ1n) is 6.64. The van der Waals surface area contributed by atoms with E-state index in [1.165, 1.54) is 33.3 Å². The van der Waals surface area contributed by atoms with Crippen molar-refractivity contribution in [2.24, 2.45) is 5.92 Å². The molecular formula is C13H24N2O3. The first-order chi connectivity index (χ1) is 8.56. The van der Waals surface area contributed by atoms with Crippen LogP contribution in [0, 0.1) is 5.92 Å². The molecule has 0 spiro atoms. The fraction of sp³-hybridized carbons (Fsp3) is 0.846. The molecule has 1 aliphatic heterocycles. The summed E-state index contributed by atoms with van der Waals surface area (Å²) in [7, 11) is 1.35. The first kappa shape index (κ1) is 15.0. The summed E-state index contributed by atoms with van der Waals surface area (Å²) in [5, 5.41) is 2.65. The summed E-state index contributed by atoms with van der Waals surface area (Å²) < 4.78 is 4.72. The number of likely N-dealkylation sites (tertiary alicyclic amines) is 1. The van der Waals surface area contributed by atoms with Gasteiger partial charge >= 0.3 is 5.97 Å². The van der Waals surface area contributed by atoms with Gasteiger partial charge in [-0.25, -0.2) is 4.79 Å². The van der Waals surface area contributed by atoms with E-state index in [1.54, 1.807) is 0 Å². The van der Waals surface area contributed by atoms with Gasteiger partial charge in [0.15, 0.2) is 0 Å². The predicted molar refractivity (Wildman–Crippen MR) is 69.1 cm³/mol. The third-order valence-corrected chi connectivity index (χ3v) is 3.37. The van der Waals surface area contributed by atoms with Gasteiger partial charge in [0.25, 0.3) is 0 Å². The van der Waals surface area contributed by atoms with Crippen molar-refractivity contribution in [2.75, 3.05) is 26.7 Å². The summed E-state index contributed by atoms with van der Waals surface area (Å²) in [6.07, 6.45) is 3.62. The number of nitrogens with one attached hydrogen (secondary N) is 1. The van der Waals surface area contributed by atoms with E-state index in [4.69, 9.17) is 4.74 Å². The van der Waals surface area contributed by atoms with Gasteiger partial charge in [0, 0.05) is 20.0 Å². The molecule has 2 unspecified atom stereocenters. The van der Waals surface area contributed by atoms with Crippen molar-refractivity contribution in [3.63, 3.8) is 0 Å². The maximum absolute atomic E-state index is 11.6. The van der Waals surface area contributed by atoms with Gasteiger partial charge in [-0.2, -0.15) is 0 Å². The highest BCUT2D eigenvalue weighted by atomic mass is 16.5. The molecule has 104 valence electrons. The topological polar surface area (TPSA) is 58.6 Å². The lowest BCUT2D eigenvalue weighted by atomic mass is 10.0. The highest BCUT2D eigenvalue weighted by Gasteiger charge is 2.28. The molecule has 0 aromatic carbocycles. The van der Waals surface area contributed by atoms with Crippen LogP contribution >= 0.6 is 0 Å². The average molecular weight is 256 g/mol. The lowest BCUT2D eigenvalue weighted by Gasteiger charge is -2.22. The van der Waals surface area contributed by atoms with E-state index in [1.807, 2.05) is 0 Å². The molecule has 2 atom stereocenters. The second-order valence-corrected chi connectivity index (χ2v) is 4.98. The Balaban J connectivity index is 2.46. The van der Waals surface area contributed by atoms with Gasteiger partial charge in [-0.3, -0.25) is 4.79 Å². The SMILES string of the molecule is CCCC1CCN(CC(NC(C)=O)C(=O)OC)C1. The molecule has 1 saturated heterocycles. The standard InChI is InChI=1S/C13H24N2O3/c1-4-5-11-6-7-15(8-11)9-12(13(17)18-3)14-10(2)16/h11-12H,4-9H2,1-3H3,(H,14,16). The van der Waals surface area contributed by atoms with Crippen molar-refractivity contribution in [1.29, 1.82) is 0 Å². The maximum atomic E-state index is 11.6. The molecule has 0 aromatic rings. The number of nitrogens with zero attached hydrogens (tertiary/aromatic N) is 1. The average Bonchev–Trinajstić information content (AvgIpc) is 2.75. The minimum atomic E-state index is -0.548. The van der Waals surface area contributed by atoms with Gasteiger partial charge in [-0.05, 0) is 25.3 Å². The summed E-state index contributed by atoms with van der Waals surface area (Å²) in [6.45, 7) is 6.17. The third-order valence-electron chi connectivity index (χ3n) is 3.37. The Bertz CT molecular complexity index is 294. The molecule has 1 heterocycles. The molecule has 1 N–H and O–H groups in total. The van der Waals surface area contributed by atoms with E-state index in [0.717, 1.165) is 19.0 Å². The molecule has 0 bridgehead atoms. The zero-order valence-corrected chi connectivity index (χ0v) is 11.6. The first-order valence-corrected chi connectivity index (χ1v) is 6.64. The van der Waals surface area contributed by atoms with Crippen LogP contribution in [-0.4, -0.2) is 49.6 Å². The summed E-state index contributed by atoms with van der Waals surface area (Å²) in [6, 6.07) is -0.548. The van der Waals surface area contributed by atoms with E-state index in [-0.39, 0.29) is 11.9 Å². The quantitative estimate of drug-likeness (QED) is 0.714. The van der Waals surface area contributed by atoms with Crippen LogP contribution in [0.15, 0.2) is 0 Å². The van der Waals surface area contributed by atoms with Gasteiger partial charge in [0.2, 0.25) is 5.91 Å². The number of ether oxygens (including phenoxy) is 1. The van der Waals surface area contributed by atoms with Crippen molar-refractivity contribution in [1.82, 2.24) is 10.2 Å². The van der Waals surface area contributed by atoms with Crippen LogP contribution in [0.25, 0.3) is 0 Å². The smallest absolute Gasteiger partial charge is 0.329 e. The highest BCUT2D eigenvalue weighted by Crippen LogP contribution is 2.20. The number of amides is 1. The molecule has 0 aliphatic carbocycles. The summed E-state index contributed by atoms with van der Waals surface area (Å²) >= 11 is 0. The molecule has 5 nitrogen and oxygen atoms in total. The second-order valence-electron chi connectivity index (χ2n) is 4.98. The van der Waals surface area contributed by atoms with Crippen molar-refractivity contribution in [3.05, 3.63) is 0 Å². The Kier molecular flexibility index (Phi) is 6.12. The number of methoxy groups -OCH3 is 1. The number of hydrogen-bond donors (Lipinski definition) is 1. The van der Waals surface area contributed by atoms with Crippen LogP contribution in [0.5, 0.6) is 0 Å². The Hall–Kier alpha value is -1.10. The summed E-state index contributed by atoms with van der Waals surface area (Å²) in [5.41, 5.74) is 0. The summed E-state index contributed by atoms with van der Waals surface area (Å²) in [4.78, 5) is 24.9. The van der Waals surface area contributed by atoms with Crippen molar-refractivity contribution in [3.8, 4) is 0 Å². The highest BCUT2D eigenvalue weighted by molar-refractivity contribution is 5.83. The molecule has 0 saturated carbocycles. The lowest BCUT2D eigenvalue weighted by molar-refractivity contribution is -0.145. The predicted octanol–water partition coefficient (Wildman–Crippen LogP) is 0.786. The normalized spacial score (nSPS) is 21.6. The van der Waals surface area contributed by atoms with E-state index in [9.17, 15) is 9.59 Å². The number of esters is 1. The van der Waals surface area contributed by atoms with Crippen molar-refractivity contribution in [2.45, 2.75) is 39.2 Å².